The van der Waals surface area contributed by atoms with E-state index in [1.807, 2.05) is 58.0 Å². The Hall–Kier alpha value is -2.30. The number of rotatable bonds is 6. The molecule has 0 aliphatic heterocycles. The Morgan fingerprint density at radius 3 is 2.36 bits per heavy atom. The minimum absolute atomic E-state index is 0. The second kappa shape index (κ2) is 12.8. The number of oxazole rings is 1. The SMILES string of the molecule is CCNC(=NCc1coc(-c2ccccc2)n1)NC1CCC(NC(=O)OC(C)(C)C)CC1.I. The predicted octanol–water partition coefficient (Wildman–Crippen LogP) is 4.85. The quantitative estimate of drug-likeness (QED) is 0.261. The normalized spacial score (nSPS) is 18.7. The summed E-state index contributed by atoms with van der Waals surface area (Å²) in [6.07, 6.45) is 5.02. The van der Waals surface area contributed by atoms with Crippen LogP contribution in [0.3, 0.4) is 0 Å². The summed E-state index contributed by atoms with van der Waals surface area (Å²) in [7, 11) is 0. The molecule has 8 nitrogen and oxygen atoms in total. The third-order valence-electron chi connectivity index (χ3n) is 5.10. The molecule has 1 aliphatic rings. The fourth-order valence-corrected chi connectivity index (χ4v) is 3.62. The predicted molar refractivity (Wildman–Crippen MR) is 141 cm³/mol. The van der Waals surface area contributed by atoms with Crippen molar-refractivity contribution in [2.24, 2.45) is 4.99 Å². The van der Waals surface area contributed by atoms with E-state index >= 15 is 0 Å². The number of halogens is 1. The lowest BCUT2D eigenvalue weighted by Gasteiger charge is -2.31. The van der Waals surface area contributed by atoms with Crippen molar-refractivity contribution < 1.29 is 13.9 Å². The largest absolute Gasteiger partial charge is 0.444 e. The van der Waals surface area contributed by atoms with Crippen molar-refractivity contribution >= 4 is 36.0 Å². The molecule has 0 bridgehead atoms. The number of nitrogens with one attached hydrogen (secondary N) is 3. The molecule has 1 heterocycles. The molecule has 0 atom stereocenters. The molecule has 1 saturated carbocycles. The second-order valence-corrected chi connectivity index (χ2v) is 9.04. The third-order valence-corrected chi connectivity index (χ3v) is 5.10. The van der Waals surface area contributed by atoms with E-state index in [2.05, 4.69) is 25.9 Å². The summed E-state index contributed by atoms with van der Waals surface area (Å²) in [5.41, 5.74) is 1.25. The molecule has 33 heavy (non-hydrogen) atoms. The van der Waals surface area contributed by atoms with Gasteiger partial charge in [-0.05, 0) is 65.5 Å². The maximum atomic E-state index is 12.0. The number of hydrogen-bond donors (Lipinski definition) is 3. The van der Waals surface area contributed by atoms with Crippen molar-refractivity contribution in [1.29, 1.82) is 0 Å². The Labute approximate surface area is 213 Å². The van der Waals surface area contributed by atoms with Crippen LogP contribution in [0.5, 0.6) is 0 Å². The molecule has 182 valence electrons. The maximum absolute atomic E-state index is 12.0. The van der Waals surface area contributed by atoms with Crippen molar-refractivity contribution in [1.82, 2.24) is 20.9 Å². The Balaban J connectivity index is 0.00000385. The van der Waals surface area contributed by atoms with Gasteiger partial charge in [-0.15, -0.1) is 24.0 Å². The Bertz CT molecular complexity index is 887. The first-order valence-corrected chi connectivity index (χ1v) is 11.4. The van der Waals surface area contributed by atoms with Gasteiger partial charge in [0, 0.05) is 24.2 Å². The zero-order valence-corrected chi connectivity index (χ0v) is 22.2. The minimum Gasteiger partial charge on any atom is -0.444 e. The monoisotopic (exact) mass is 569 g/mol. The Kier molecular flexibility index (Phi) is 10.5. The first kappa shape index (κ1) is 26.9. The topological polar surface area (TPSA) is 101 Å². The van der Waals surface area contributed by atoms with Crippen molar-refractivity contribution in [2.75, 3.05) is 6.54 Å². The molecule has 0 unspecified atom stereocenters. The third kappa shape index (κ3) is 9.23. The number of carbonyl (C=O) groups excluding carboxylic acids is 1. The first-order chi connectivity index (χ1) is 15.3. The summed E-state index contributed by atoms with van der Waals surface area (Å²) in [6.45, 7) is 8.86. The zero-order valence-electron chi connectivity index (χ0n) is 19.9. The number of hydrogen-bond acceptors (Lipinski definition) is 5. The van der Waals surface area contributed by atoms with Crippen molar-refractivity contribution in [3.8, 4) is 11.5 Å². The van der Waals surface area contributed by atoms with Gasteiger partial charge in [0.2, 0.25) is 5.89 Å². The van der Waals surface area contributed by atoms with Crippen LogP contribution in [0, 0.1) is 0 Å². The van der Waals surface area contributed by atoms with Crippen LogP contribution in [-0.2, 0) is 11.3 Å². The highest BCUT2D eigenvalue weighted by atomic mass is 127. The highest BCUT2D eigenvalue weighted by Gasteiger charge is 2.25. The number of aromatic nitrogens is 1. The molecule has 0 radical (unpaired) electrons. The molecule has 9 heteroatoms. The average molecular weight is 569 g/mol. The summed E-state index contributed by atoms with van der Waals surface area (Å²) in [4.78, 5) is 21.2. The van der Waals surface area contributed by atoms with E-state index in [0.717, 1.165) is 49.4 Å². The smallest absolute Gasteiger partial charge is 0.407 e. The lowest BCUT2D eigenvalue weighted by Crippen LogP contribution is -2.48. The molecule has 0 spiro atoms. The molecular weight excluding hydrogens is 533 g/mol. The van der Waals surface area contributed by atoms with Crippen LogP contribution in [0.15, 0.2) is 46.0 Å². The maximum Gasteiger partial charge on any atom is 0.407 e. The molecule has 1 aromatic heterocycles. The molecule has 0 saturated heterocycles. The average Bonchev–Trinajstić information content (AvgIpc) is 3.22. The van der Waals surface area contributed by atoms with Gasteiger partial charge < -0.3 is 25.1 Å². The van der Waals surface area contributed by atoms with E-state index in [1.165, 1.54) is 0 Å². The molecule has 1 aromatic carbocycles. The lowest BCUT2D eigenvalue weighted by atomic mass is 9.91. The van der Waals surface area contributed by atoms with Gasteiger partial charge in [-0.25, -0.2) is 14.8 Å². The van der Waals surface area contributed by atoms with Crippen LogP contribution in [0.1, 0.15) is 59.1 Å². The van der Waals surface area contributed by atoms with Crippen molar-refractivity contribution in [3.05, 3.63) is 42.3 Å². The van der Waals surface area contributed by atoms with Crippen LogP contribution in [-0.4, -0.2) is 41.3 Å². The summed E-state index contributed by atoms with van der Waals surface area (Å²) in [5.74, 6) is 1.37. The van der Waals surface area contributed by atoms with Gasteiger partial charge in [0.05, 0.1) is 6.54 Å². The van der Waals surface area contributed by atoms with Gasteiger partial charge in [0.25, 0.3) is 0 Å². The Morgan fingerprint density at radius 1 is 1.12 bits per heavy atom. The number of aliphatic imine (C=N–C) groups is 1. The first-order valence-electron chi connectivity index (χ1n) is 11.4. The minimum atomic E-state index is -0.480. The fraction of sp³-hybridized carbons (Fsp3) is 0.542. The van der Waals surface area contributed by atoms with Gasteiger partial charge in [0.1, 0.15) is 17.6 Å². The van der Waals surface area contributed by atoms with E-state index in [1.54, 1.807) is 6.26 Å². The van der Waals surface area contributed by atoms with Gasteiger partial charge in [0.15, 0.2) is 5.96 Å². The fourth-order valence-electron chi connectivity index (χ4n) is 3.62. The molecule has 3 rings (SSSR count). The highest BCUT2D eigenvalue weighted by molar-refractivity contribution is 14.0. The number of amides is 1. The van der Waals surface area contributed by atoms with E-state index in [-0.39, 0.29) is 36.1 Å². The number of alkyl carbamates (subject to hydrolysis) is 1. The van der Waals surface area contributed by atoms with Crippen LogP contribution in [0.25, 0.3) is 11.5 Å². The molecule has 1 fully saturated rings. The zero-order chi connectivity index (χ0) is 23.0. The summed E-state index contributed by atoms with van der Waals surface area (Å²) in [5, 5.41) is 9.80. The number of benzene rings is 1. The van der Waals surface area contributed by atoms with Gasteiger partial charge in [-0.2, -0.15) is 0 Å². The second-order valence-electron chi connectivity index (χ2n) is 9.04. The van der Waals surface area contributed by atoms with Crippen LogP contribution >= 0.6 is 24.0 Å². The van der Waals surface area contributed by atoms with Gasteiger partial charge in [-0.3, -0.25) is 0 Å². The van der Waals surface area contributed by atoms with Crippen molar-refractivity contribution in [2.45, 2.75) is 77.6 Å². The summed E-state index contributed by atoms with van der Waals surface area (Å²) in [6, 6.07) is 10.3. The summed E-state index contributed by atoms with van der Waals surface area (Å²) < 4.78 is 11.0. The number of guanidine groups is 1. The molecular formula is C24H36IN5O3. The van der Waals surface area contributed by atoms with E-state index in [0.29, 0.717) is 18.5 Å². The number of carbonyl (C=O) groups is 1. The summed E-state index contributed by atoms with van der Waals surface area (Å²) >= 11 is 0. The van der Waals surface area contributed by atoms with Crippen LogP contribution in [0.2, 0.25) is 0 Å². The molecule has 1 aliphatic carbocycles. The Morgan fingerprint density at radius 2 is 1.76 bits per heavy atom. The van der Waals surface area contributed by atoms with Crippen molar-refractivity contribution in [3.63, 3.8) is 0 Å². The lowest BCUT2D eigenvalue weighted by molar-refractivity contribution is 0.0490. The number of nitrogens with zero attached hydrogens (tertiary/aromatic N) is 2. The highest BCUT2D eigenvalue weighted by Crippen LogP contribution is 2.20. The molecule has 3 N–H and O–H groups in total. The van der Waals surface area contributed by atoms with E-state index in [4.69, 9.17) is 9.15 Å². The standard InChI is InChI=1S/C24H35N5O3.HI/c1-5-25-22(26-15-20-16-31-21(27-20)17-9-7-6-8-10-17)28-18-11-13-19(14-12-18)29-23(30)32-24(2,3)4;/h6-10,16,18-19H,5,11-15H2,1-4H3,(H,29,30)(H2,25,26,28);1H. The van der Waals surface area contributed by atoms with E-state index < -0.39 is 5.60 Å². The molecule has 1 amide bonds. The van der Waals surface area contributed by atoms with Gasteiger partial charge in [-0.1, -0.05) is 18.2 Å². The van der Waals surface area contributed by atoms with Gasteiger partial charge >= 0.3 is 6.09 Å². The number of ether oxygens (including phenoxy) is 1. The van der Waals surface area contributed by atoms with Crippen LogP contribution < -0.4 is 16.0 Å². The molecule has 2 aromatic rings. The van der Waals surface area contributed by atoms with Crippen LogP contribution in [0.4, 0.5) is 4.79 Å². The van der Waals surface area contributed by atoms with E-state index in [9.17, 15) is 4.79 Å².